The molecule has 1 aromatic carbocycles. The third-order valence-corrected chi connectivity index (χ3v) is 3.51. The number of benzene rings is 1. The summed E-state index contributed by atoms with van der Waals surface area (Å²) in [4.78, 5) is 8.67. The molecular weight excluding hydrogens is 272 g/mol. The Morgan fingerprint density at radius 3 is 2.80 bits per heavy atom. The van der Waals surface area contributed by atoms with Gasteiger partial charge in [0.15, 0.2) is 5.17 Å². The third-order valence-electron chi connectivity index (χ3n) is 1.98. The summed E-state index contributed by atoms with van der Waals surface area (Å²) in [6, 6.07) is 8.07. The zero-order valence-electron chi connectivity index (χ0n) is 8.35. The molecule has 0 fully saturated rings. The molecule has 0 bridgehead atoms. The quantitative estimate of drug-likeness (QED) is 0.725. The van der Waals surface area contributed by atoms with Gasteiger partial charge in [0, 0.05) is 15.9 Å². The summed E-state index contributed by atoms with van der Waals surface area (Å²) < 4.78 is 1.08. The minimum absolute atomic E-state index is 0.571. The van der Waals surface area contributed by atoms with Crippen LogP contribution in [0.3, 0.4) is 0 Å². The molecule has 1 unspecified atom stereocenters. The Labute approximate surface area is 102 Å². The molecule has 0 aromatic heterocycles. The van der Waals surface area contributed by atoms with E-state index in [1.807, 2.05) is 30.5 Å². The molecular formula is C11H11BrN2S. The van der Waals surface area contributed by atoms with Crippen molar-refractivity contribution in [3.8, 4) is 0 Å². The van der Waals surface area contributed by atoms with Gasteiger partial charge in [-0.05, 0) is 17.7 Å². The number of rotatable bonds is 1. The van der Waals surface area contributed by atoms with Gasteiger partial charge in [-0.25, -0.2) is 4.99 Å². The first-order valence-electron chi connectivity index (χ1n) is 4.75. The molecule has 78 valence electrons. The van der Waals surface area contributed by atoms with Crippen LogP contribution in [-0.2, 0) is 0 Å². The second-order valence-electron chi connectivity index (χ2n) is 3.36. The van der Waals surface area contributed by atoms with Crippen molar-refractivity contribution >= 4 is 39.1 Å². The van der Waals surface area contributed by atoms with Gasteiger partial charge in [0.25, 0.3) is 0 Å². The van der Waals surface area contributed by atoms with E-state index >= 15 is 0 Å². The average Bonchev–Trinajstić information content (AvgIpc) is 2.64. The van der Waals surface area contributed by atoms with E-state index in [2.05, 4.69) is 32.8 Å². The Kier molecular flexibility index (Phi) is 3.59. The Bertz CT molecular complexity index is 398. The van der Waals surface area contributed by atoms with Gasteiger partial charge in [0.2, 0.25) is 0 Å². The van der Waals surface area contributed by atoms with Crippen LogP contribution in [0.25, 0.3) is 0 Å². The Morgan fingerprint density at radius 1 is 1.47 bits per heavy atom. The molecule has 0 N–H and O–H groups in total. The summed E-state index contributed by atoms with van der Waals surface area (Å²) in [5.41, 5.74) is 1.10. The zero-order valence-corrected chi connectivity index (χ0v) is 10.8. The fraction of sp³-hybridized carbons (Fsp3) is 0.273. The second-order valence-corrected chi connectivity index (χ2v) is 5.68. The van der Waals surface area contributed by atoms with Gasteiger partial charge < -0.3 is 0 Å². The maximum atomic E-state index is 4.35. The Hall–Kier alpha value is -0.610. The van der Waals surface area contributed by atoms with Gasteiger partial charge in [-0.2, -0.15) is 0 Å². The average molecular weight is 283 g/mol. The molecule has 0 saturated carbocycles. The van der Waals surface area contributed by atoms with Crippen molar-refractivity contribution in [2.24, 2.45) is 9.98 Å². The molecule has 0 amide bonds. The van der Waals surface area contributed by atoms with Crippen molar-refractivity contribution < 1.29 is 0 Å². The molecule has 0 spiro atoms. The number of halogens is 1. The van der Waals surface area contributed by atoms with Crippen LogP contribution < -0.4 is 0 Å². The molecule has 4 heteroatoms. The van der Waals surface area contributed by atoms with Crippen molar-refractivity contribution in [2.75, 3.05) is 6.54 Å². The van der Waals surface area contributed by atoms with E-state index in [0.29, 0.717) is 5.25 Å². The predicted octanol–water partition coefficient (Wildman–Crippen LogP) is 3.36. The first-order chi connectivity index (χ1) is 7.24. The van der Waals surface area contributed by atoms with Crippen LogP contribution in [0, 0.1) is 0 Å². The third kappa shape index (κ3) is 3.18. The molecule has 0 radical (unpaired) electrons. The summed E-state index contributed by atoms with van der Waals surface area (Å²) in [5.74, 6) is 0. The van der Waals surface area contributed by atoms with E-state index in [9.17, 15) is 0 Å². The summed E-state index contributed by atoms with van der Waals surface area (Å²) in [6.07, 6.45) is 1.86. The number of amidine groups is 1. The summed E-state index contributed by atoms with van der Waals surface area (Å²) >= 11 is 5.13. The van der Waals surface area contributed by atoms with E-state index in [4.69, 9.17) is 0 Å². The van der Waals surface area contributed by atoms with Crippen LogP contribution in [0.1, 0.15) is 12.5 Å². The smallest absolute Gasteiger partial charge is 0.183 e. The predicted molar refractivity (Wildman–Crippen MR) is 71.1 cm³/mol. The van der Waals surface area contributed by atoms with Crippen LogP contribution in [0.4, 0.5) is 0 Å². The van der Waals surface area contributed by atoms with Gasteiger partial charge in [-0.3, -0.25) is 4.99 Å². The van der Waals surface area contributed by atoms with Crippen molar-refractivity contribution in [3.05, 3.63) is 34.3 Å². The highest BCUT2D eigenvalue weighted by atomic mass is 79.9. The summed E-state index contributed by atoms with van der Waals surface area (Å²) in [6.45, 7) is 3.05. The number of thioether (sulfide) groups is 1. The lowest BCUT2D eigenvalue weighted by Gasteiger charge is -1.95. The SMILES string of the molecule is CC1CN=C(/N=C/c2ccc(Br)cc2)S1. The standard InChI is InChI=1S/C11H11BrN2S/c1-8-6-13-11(15-8)14-7-9-2-4-10(12)5-3-9/h2-5,7-8H,6H2,1H3/b14-7+. The monoisotopic (exact) mass is 282 g/mol. The maximum absolute atomic E-state index is 4.35. The molecule has 15 heavy (non-hydrogen) atoms. The lowest BCUT2D eigenvalue weighted by atomic mass is 10.2. The largest absolute Gasteiger partial charge is 0.260 e. The first-order valence-corrected chi connectivity index (χ1v) is 6.42. The zero-order chi connectivity index (χ0) is 10.7. The first kappa shape index (κ1) is 10.9. The van der Waals surface area contributed by atoms with Crippen LogP contribution in [-0.4, -0.2) is 23.2 Å². The molecule has 0 saturated heterocycles. The lowest BCUT2D eigenvalue weighted by Crippen LogP contribution is -1.93. The van der Waals surface area contributed by atoms with E-state index in [0.717, 1.165) is 21.7 Å². The van der Waals surface area contributed by atoms with E-state index in [1.54, 1.807) is 11.8 Å². The van der Waals surface area contributed by atoms with E-state index in [-0.39, 0.29) is 0 Å². The van der Waals surface area contributed by atoms with E-state index < -0.39 is 0 Å². The van der Waals surface area contributed by atoms with Crippen LogP contribution in [0.15, 0.2) is 38.7 Å². The number of hydrogen-bond acceptors (Lipinski definition) is 3. The summed E-state index contributed by atoms with van der Waals surface area (Å²) in [7, 11) is 0. The van der Waals surface area contributed by atoms with Crippen LogP contribution in [0.2, 0.25) is 0 Å². The molecule has 1 aliphatic rings. The fourth-order valence-electron chi connectivity index (χ4n) is 1.21. The van der Waals surface area contributed by atoms with Crippen molar-refractivity contribution in [1.82, 2.24) is 0 Å². The number of nitrogens with zero attached hydrogens (tertiary/aromatic N) is 2. The highest BCUT2D eigenvalue weighted by Crippen LogP contribution is 2.20. The second kappa shape index (κ2) is 4.94. The van der Waals surface area contributed by atoms with Gasteiger partial charge in [-0.1, -0.05) is 46.7 Å². The van der Waals surface area contributed by atoms with Gasteiger partial charge in [0.05, 0.1) is 6.54 Å². The molecule has 0 aliphatic carbocycles. The highest BCUT2D eigenvalue weighted by Gasteiger charge is 2.12. The van der Waals surface area contributed by atoms with Crippen LogP contribution >= 0.6 is 27.7 Å². The van der Waals surface area contributed by atoms with Gasteiger partial charge >= 0.3 is 0 Å². The van der Waals surface area contributed by atoms with Crippen molar-refractivity contribution in [3.63, 3.8) is 0 Å². The lowest BCUT2D eigenvalue weighted by molar-refractivity contribution is 0.975. The Morgan fingerprint density at radius 2 is 2.20 bits per heavy atom. The minimum atomic E-state index is 0.571. The summed E-state index contributed by atoms with van der Waals surface area (Å²) in [5, 5.41) is 1.47. The molecule has 2 rings (SSSR count). The molecule has 1 aromatic rings. The van der Waals surface area contributed by atoms with Gasteiger partial charge in [-0.15, -0.1) is 0 Å². The van der Waals surface area contributed by atoms with Crippen molar-refractivity contribution in [2.45, 2.75) is 12.2 Å². The molecule has 1 heterocycles. The normalized spacial score (nSPS) is 20.9. The maximum Gasteiger partial charge on any atom is 0.183 e. The molecule has 1 aliphatic heterocycles. The Balaban J connectivity index is 2.02. The minimum Gasteiger partial charge on any atom is -0.260 e. The fourth-order valence-corrected chi connectivity index (χ4v) is 2.25. The topological polar surface area (TPSA) is 24.7 Å². The van der Waals surface area contributed by atoms with E-state index in [1.165, 1.54) is 0 Å². The van der Waals surface area contributed by atoms with Crippen LogP contribution in [0.5, 0.6) is 0 Å². The molecule has 2 nitrogen and oxygen atoms in total. The van der Waals surface area contributed by atoms with Crippen molar-refractivity contribution in [1.29, 1.82) is 0 Å². The van der Waals surface area contributed by atoms with Gasteiger partial charge in [0.1, 0.15) is 0 Å². The molecule has 1 atom stereocenters. The highest BCUT2D eigenvalue weighted by molar-refractivity contribution is 9.10. The number of aliphatic imine (C=N–C) groups is 2. The number of hydrogen-bond donors (Lipinski definition) is 0.